The summed E-state index contributed by atoms with van der Waals surface area (Å²) in [6.07, 6.45) is 2.58. The van der Waals surface area contributed by atoms with E-state index < -0.39 is 0 Å². The predicted molar refractivity (Wildman–Crippen MR) is 94.5 cm³/mol. The number of benzene rings is 2. The first-order valence-corrected chi connectivity index (χ1v) is 8.37. The minimum Gasteiger partial charge on any atom is -0.340 e. The van der Waals surface area contributed by atoms with E-state index in [1.54, 1.807) is 0 Å². The molecular weight excluding hydrogens is 284 g/mol. The van der Waals surface area contributed by atoms with Crippen molar-refractivity contribution in [3.8, 4) is 11.1 Å². The highest BCUT2D eigenvalue weighted by atomic mass is 16.2. The van der Waals surface area contributed by atoms with Crippen molar-refractivity contribution < 1.29 is 4.79 Å². The standard InChI is InChI=1S/C20H24N2O/c1-21(15-16-22-13-5-6-14-22)20(23)19-11-9-18(10-12-19)17-7-3-2-4-8-17/h2-4,7-12H,5-6,13-16H2,1H3. The number of hydrogen-bond acceptors (Lipinski definition) is 2. The van der Waals surface area contributed by atoms with E-state index in [-0.39, 0.29) is 5.91 Å². The van der Waals surface area contributed by atoms with Gasteiger partial charge in [-0.2, -0.15) is 0 Å². The largest absolute Gasteiger partial charge is 0.340 e. The van der Waals surface area contributed by atoms with Crippen LogP contribution in [0, 0.1) is 0 Å². The van der Waals surface area contributed by atoms with E-state index in [2.05, 4.69) is 17.0 Å². The van der Waals surface area contributed by atoms with E-state index in [0.29, 0.717) is 0 Å². The molecule has 1 amide bonds. The Morgan fingerprint density at radius 1 is 0.957 bits per heavy atom. The Bertz CT molecular complexity index is 630. The SMILES string of the molecule is CN(CCN1CCCC1)C(=O)c1ccc(-c2ccccc2)cc1. The fraction of sp³-hybridized carbons (Fsp3) is 0.350. The van der Waals surface area contributed by atoms with Gasteiger partial charge in [0.15, 0.2) is 0 Å². The van der Waals surface area contributed by atoms with E-state index in [1.807, 2.05) is 54.4 Å². The third-order valence-electron chi connectivity index (χ3n) is 4.54. The molecule has 2 aromatic rings. The zero-order chi connectivity index (χ0) is 16.1. The zero-order valence-corrected chi connectivity index (χ0v) is 13.7. The summed E-state index contributed by atoms with van der Waals surface area (Å²) in [7, 11) is 1.89. The van der Waals surface area contributed by atoms with Crippen molar-refractivity contribution in [1.29, 1.82) is 0 Å². The summed E-state index contributed by atoms with van der Waals surface area (Å²) >= 11 is 0. The first kappa shape index (κ1) is 15.8. The molecule has 3 nitrogen and oxygen atoms in total. The van der Waals surface area contributed by atoms with Crippen LogP contribution in [0.1, 0.15) is 23.2 Å². The van der Waals surface area contributed by atoms with Gasteiger partial charge in [-0.1, -0.05) is 42.5 Å². The van der Waals surface area contributed by atoms with Crippen LogP contribution in [0.4, 0.5) is 0 Å². The van der Waals surface area contributed by atoms with Crippen LogP contribution in [-0.4, -0.2) is 48.9 Å². The topological polar surface area (TPSA) is 23.6 Å². The van der Waals surface area contributed by atoms with Crippen LogP contribution in [0.15, 0.2) is 54.6 Å². The molecular formula is C20H24N2O. The van der Waals surface area contributed by atoms with Gasteiger partial charge in [0, 0.05) is 25.7 Å². The van der Waals surface area contributed by atoms with Gasteiger partial charge in [-0.3, -0.25) is 4.79 Å². The van der Waals surface area contributed by atoms with E-state index in [4.69, 9.17) is 0 Å². The second-order valence-electron chi connectivity index (χ2n) is 6.22. The summed E-state index contributed by atoms with van der Waals surface area (Å²) in [4.78, 5) is 16.8. The first-order valence-electron chi connectivity index (χ1n) is 8.37. The molecule has 1 aliphatic heterocycles. The Morgan fingerprint density at radius 2 is 1.57 bits per heavy atom. The summed E-state index contributed by atoms with van der Waals surface area (Å²) in [6, 6.07) is 18.1. The molecule has 1 fully saturated rings. The van der Waals surface area contributed by atoms with Gasteiger partial charge in [0.2, 0.25) is 0 Å². The van der Waals surface area contributed by atoms with Gasteiger partial charge < -0.3 is 9.80 Å². The Balaban J connectivity index is 1.60. The van der Waals surface area contributed by atoms with E-state index >= 15 is 0 Å². The molecule has 0 aromatic heterocycles. The van der Waals surface area contributed by atoms with Gasteiger partial charge in [-0.15, -0.1) is 0 Å². The molecule has 1 saturated heterocycles. The fourth-order valence-corrected chi connectivity index (χ4v) is 3.06. The van der Waals surface area contributed by atoms with Crippen LogP contribution in [0.25, 0.3) is 11.1 Å². The third-order valence-corrected chi connectivity index (χ3v) is 4.54. The zero-order valence-electron chi connectivity index (χ0n) is 13.7. The molecule has 2 aromatic carbocycles. The monoisotopic (exact) mass is 308 g/mol. The molecule has 1 aliphatic rings. The quantitative estimate of drug-likeness (QED) is 0.844. The van der Waals surface area contributed by atoms with Crippen molar-refractivity contribution in [3.05, 3.63) is 60.2 Å². The van der Waals surface area contributed by atoms with E-state index in [9.17, 15) is 4.79 Å². The third kappa shape index (κ3) is 3.99. The lowest BCUT2D eigenvalue weighted by molar-refractivity contribution is 0.0782. The number of amides is 1. The van der Waals surface area contributed by atoms with E-state index in [0.717, 1.165) is 24.2 Å². The summed E-state index contributed by atoms with van der Waals surface area (Å²) < 4.78 is 0. The van der Waals surface area contributed by atoms with Crippen molar-refractivity contribution in [2.45, 2.75) is 12.8 Å². The highest BCUT2D eigenvalue weighted by Crippen LogP contribution is 2.19. The van der Waals surface area contributed by atoms with Gasteiger partial charge in [-0.25, -0.2) is 0 Å². The van der Waals surface area contributed by atoms with Crippen LogP contribution < -0.4 is 0 Å². The average Bonchev–Trinajstić information content (AvgIpc) is 3.13. The van der Waals surface area contributed by atoms with Crippen LogP contribution in [0.2, 0.25) is 0 Å². The van der Waals surface area contributed by atoms with Gasteiger partial charge >= 0.3 is 0 Å². The van der Waals surface area contributed by atoms with Gasteiger partial charge in [0.25, 0.3) is 5.91 Å². The lowest BCUT2D eigenvalue weighted by Gasteiger charge is -2.21. The highest BCUT2D eigenvalue weighted by molar-refractivity contribution is 5.94. The molecule has 0 saturated carbocycles. The second kappa shape index (κ2) is 7.42. The Morgan fingerprint density at radius 3 is 2.22 bits per heavy atom. The smallest absolute Gasteiger partial charge is 0.253 e. The van der Waals surface area contributed by atoms with Gasteiger partial charge in [0.1, 0.15) is 0 Å². The van der Waals surface area contributed by atoms with Crippen molar-refractivity contribution in [1.82, 2.24) is 9.80 Å². The number of likely N-dealkylation sites (tertiary alicyclic amines) is 1. The average molecular weight is 308 g/mol. The van der Waals surface area contributed by atoms with Gasteiger partial charge in [-0.05, 0) is 49.2 Å². The maximum Gasteiger partial charge on any atom is 0.253 e. The molecule has 3 heteroatoms. The van der Waals surface area contributed by atoms with Crippen LogP contribution in [0.3, 0.4) is 0 Å². The molecule has 0 unspecified atom stereocenters. The summed E-state index contributed by atoms with van der Waals surface area (Å²) in [5.74, 6) is 0.101. The Kier molecular flexibility index (Phi) is 5.09. The molecule has 0 N–H and O–H groups in total. The number of carbonyl (C=O) groups excluding carboxylic acids is 1. The summed E-state index contributed by atoms with van der Waals surface area (Å²) in [5, 5.41) is 0. The number of nitrogens with zero attached hydrogens (tertiary/aromatic N) is 2. The maximum atomic E-state index is 12.5. The molecule has 1 heterocycles. The van der Waals surface area contributed by atoms with Crippen molar-refractivity contribution in [2.75, 3.05) is 33.2 Å². The molecule has 0 aliphatic carbocycles. The minimum atomic E-state index is 0.101. The lowest BCUT2D eigenvalue weighted by atomic mass is 10.0. The number of hydrogen-bond donors (Lipinski definition) is 0. The molecule has 3 rings (SSSR count). The molecule has 120 valence electrons. The maximum absolute atomic E-state index is 12.5. The molecule has 23 heavy (non-hydrogen) atoms. The summed E-state index contributed by atoms with van der Waals surface area (Å²) in [5.41, 5.74) is 3.07. The summed E-state index contributed by atoms with van der Waals surface area (Å²) in [6.45, 7) is 4.12. The number of likely N-dealkylation sites (N-methyl/N-ethyl adjacent to an activating group) is 1. The van der Waals surface area contributed by atoms with E-state index in [1.165, 1.54) is 31.5 Å². The van der Waals surface area contributed by atoms with Gasteiger partial charge in [0.05, 0.1) is 0 Å². The minimum absolute atomic E-state index is 0.101. The van der Waals surface area contributed by atoms with Crippen molar-refractivity contribution >= 4 is 5.91 Å². The molecule has 0 spiro atoms. The molecule has 0 atom stereocenters. The molecule has 0 radical (unpaired) electrons. The van der Waals surface area contributed by atoms with Crippen molar-refractivity contribution in [2.24, 2.45) is 0 Å². The lowest BCUT2D eigenvalue weighted by Crippen LogP contribution is -2.35. The fourth-order valence-electron chi connectivity index (χ4n) is 3.06. The number of rotatable bonds is 5. The Labute approximate surface area is 138 Å². The highest BCUT2D eigenvalue weighted by Gasteiger charge is 2.15. The van der Waals surface area contributed by atoms with Crippen LogP contribution >= 0.6 is 0 Å². The molecule has 0 bridgehead atoms. The second-order valence-corrected chi connectivity index (χ2v) is 6.22. The van der Waals surface area contributed by atoms with Crippen LogP contribution in [0.5, 0.6) is 0 Å². The van der Waals surface area contributed by atoms with Crippen molar-refractivity contribution in [3.63, 3.8) is 0 Å². The first-order chi connectivity index (χ1) is 11.2. The Hall–Kier alpha value is -2.13. The normalized spacial score (nSPS) is 14.8. The van der Waals surface area contributed by atoms with Crippen LogP contribution in [-0.2, 0) is 0 Å². The number of carbonyl (C=O) groups is 1. The predicted octanol–water partition coefficient (Wildman–Crippen LogP) is 3.52.